The lowest BCUT2D eigenvalue weighted by atomic mass is 10.0. The molecule has 0 radical (unpaired) electrons. The van der Waals surface area contributed by atoms with E-state index in [0.29, 0.717) is 6.04 Å². The van der Waals surface area contributed by atoms with E-state index in [1.165, 1.54) is 19.3 Å². The van der Waals surface area contributed by atoms with Gasteiger partial charge in [-0.05, 0) is 33.6 Å². The SMILES string of the molecule is CC(C)(C)NC1CCCCCC1O. The van der Waals surface area contributed by atoms with Crippen molar-refractivity contribution in [3.05, 3.63) is 0 Å². The van der Waals surface area contributed by atoms with Gasteiger partial charge in [0.15, 0.2) is 0 Å². The lowest BCUT2D eigenvalue weighted by Crippen LogP contribution is -2.48. The first-order valence-corrected chi connectivity index (χ1v) is 5.45. The van der Waals surface area contributed by atoms with Crippen molar-refractivity contribution in [3.63, 3.8) is 0 Å². The topological polar surface area (TPSA) is 32.3 Å². The second-order valence-electron chi connectivity index (χ2n) is 5.21. The van der Waals surface area contributed by atoms with Crippen molar-refractivity contribution in [2.24, 2.45) is 0 Å². The molecular weight excluding hydrogens is 162 g/mol. The lowest BCUT2D eigenvalue weighted by Gasteiger charge is -2.30. The summed E-state index contributed by atoms with van der Waals surface area (Å²) in [6, 6.07) is 0.308. The zero-order valence-electron chi connectivity index (χ0n) is 9.14. The van der Waals surface area contributed by atoms with Gasteiger partial charge in [-0.15, -0.1) is 0 Å². The van der Waals surface area contributed by atoms with Crippen LogP contribution < -0.4 is 5.32 Å². The summed E-state index contributed by atoms with van der Waals surface area (Å²) in [7, 11) is 0. The molecule has 0 spiro atoms. The first-order chi connectivity index (χ1) is 5.99. The van der Waals surface area contributed by atoms with Crippen LogP contribution in [0.5, 0.6) is 0 Å². The van der Waals surface area contributed by atoms with Crippen molar-refractivity contribution >= 4 is 0 Å². The fraction of sp³-hybridized carbons (Fsp3) is 1.00. The van der Waals surface area contributed by atoms with Crippen LogP contribution in [-0.4, -0.2) is 22.8 Å². The van der Waals surface area contributed by atoms with E-state index in [2.05, 4.69) is 26.1 Å². The number of nitrogens with one attached hydrogen (secondary N) is 1. The zero-order valence-corrected chi connectivity index (χ0v) is 9.14. The van der Waals surface area contributed by atoms with Crippen molar-refractivity contribution in [1.29, 1.82) is 0 Å². The van der Waals surface area contributed by atoms with E-state index >= 15 is 0 Å². The van der Waals surface area contributed by atoms with Crippen LogP contribution in [0.25, 0.3) is 0 Å². The normalized spacial score (nSPS) is 31.4. The van der Waals surface area contributed by atoms with Gasteiger partial charge in [0.25, 0.3) is 0 Å². The van der Waals surface area contributed by atoms with Crippen LogP contribution in [0, 0.1) is 0 Å². The van der Waals surface area contributed by atoms with Gasteiger partial charge < -0.3 is 10.4 Å². The first kappa shape index (κ1) is 11.0. The highest BCUT2D eigenvalue weighted by Gasteiger charge is 2.24. The van der Waals surface area contributed by atoms with E-state index in [1.54, 1.807) is 0 Å². The molecule has 0 heterocycles. The molecule has 1 fully saturated rings. The predicted molar refractivity (Wildman–Crippen MR) is 55.8 cm³/mol. The summed E-state index contributed by atoms with van der Waals surface area (Å²) in [5.74, 6) is 0. The molecule has 0 saturated heterocycles. The van der Waals surface area contributed by atoms with Crippen LogP contribution in [0.3, 0.4) is 0 Å². The minimum absolute atomic E-state index is 0.121. The van der Waals surface area contributed by atoms with Gasteiger partial charge in [0.05, 0.1) is 6.10 Å². The zero-order chi connectivity index (χ0) is 9.90. The Morgan fingerprint density at radius 1 is 1.08 bits per heavy atom. The maximum Gasteiger partial charge on any atom is 0.0693 e. The van der Waals surface area contributed by atoms with E-state index < -0.39 is 0 Å². The van der Waals surface area contributed by atoms with Gasteiger partial charge in [-0.2, -0.15) is 0 Å². The Balaban J connectivity index is 2.45. The Hall–Kier alpha value is -0.0800. The molecular formula is C11H23NO. The molecule has 0 aliphatic heterocycles. The Bertz CT molecular complexity index is 151. The monoisotopic (exact) mass is 185 g/mol. The van der Waals surface area contributed by atoms with Crippen molar-refractivity contribution in [2.75, 3.05) is 0 Å². The highest BCUT2D eigenvalue weighted by molar-refractivity contribution is 4.84. The molecule has 2 nitrogen and oxygen atoms in total. The van der Waals surface area contributed by atoms with Crippen LogP contribution >= 0.6 is 0 Å². The molecule has 2 atom stereocenters. The Kier molecular flexibility index (Phi) is 3.74. The van der Waals surface area contributed by atoms with Crippen LogP contribution in [0.2, 0.25) is 0 Å². The van der Waals surface area contributed by atoms with Gasteiger partial charge in [-0.1, -0.05) is 19.3 Å². The number of aliphatic hydroxyl groups excluding tert-OH is 1. The second kappa shape index (κ2) is 4.43. The number of hydrogen-bond donors (Lipinski definition) is 2. The molecule has 0 aromatic carbocycles. The van der Waals surface area contributed by atoms with E-state index in [9.17, 15) is 5.11 Å². The Labute approximate surface area is 81.7 Å². The summed E-state index contributed by atoms with van der Waals surface area (Å²) in [5, 5.41) is 13.3. The van der Waals surface area contributed by atoms with Crippen LogP contribution in [0.15, 0.2) is 0 Å². The molecule has 1 aliphatic carbocycles. The Morgan fingerprint density at radius 2 is 1.69 bits per heavy atom. The van der Waals surface area contributed by atoms with Gasteiger partial charge in [0.1, 0.15) is 0 Å². The standard InChI is InChI=1S/C11H23NO/c1-11(2,3)12-9-7-5-4-6-8-10(9)13/h9-10,12-13H,4-8H2,1-3H3. The second-order valence-corrected chi connectivity index (χ2v) is 5.21. The molecule has 0 bridgehead atoms. The van der Waals surface area contributed by atoms with Crippen LogP contribution in [0.1, 0.15) is 52.9 Å². The molecule has 2 unspecified atom stereocenters. The molecule has 78 valence electrons. The molecule has 1 saturated carbocycles. The fourth-order valence-corrected chi connectivity index (χ4v) is 2.01. The minimum atomic E-state index is -0.137. The molecule has 2 N–H and O–H groups in total. The molecule has 1 aliphatic rings. The summed E-state index contributed by atoms with van der Waals surface area (Å²) >= 11 is 0. The molecule has 2 heteroatoms. The van der Waals surface area contributed by atoms with Crippen LogP contribution in [0.4, 0.5) is 0 Å². The third kappa shape index (κ3) is 4.10. The Morgan fingerprint density at radius 3 is 2.31 bits per heavy atom. The average Bonchev–Trinajstić information content (AvgIpc) is 2.14. The maximum atomic E-state index is 9.85. The van der Waals surface area contributed by atoms with Gasteiger partial charge in [-0.3, -0.25) is 0 Å². The van der Waals surface area contributed by atoms with E-state index in [-0.39, 0.29) is 11.6 Å². The van der Waals surface area contributed by atoms with Gasteiger partial charge in [-0.25, -0.2) is 0 Å². The van der Waals surface area contributed by atoms with Crippen molar-refractivity contribution < 1.29 is 5.11 Å². The highest BCUT2D eigenvalue weighted by Crippen LogP contribution is 2.19. The van der Waals surface area contributed by atoms with Crippen LogP contribution in [-0.2, 0) is 0 Å². The quantitative estimate of drug-likeness (QED) is 0.613. The molecule has 0 aromatic rings. The van der Waals surface area contributed by atoms with Gasteiger partial charge in [0.2, 0.25) is 0 Å². The van der Waals surface area contributed by atoms with E-state index in [4.69, 9.17) is 0 Å². The highest BCUT2D eigenvalue weighted by atomic mass is 16.3. The maximum absolute atomic E-state index is 9.85. The number of aliphatic hydroxyl groups is 1. The number of hydrogen-bond acceptors (Lipinski definition) is 2. The smallest absolute Gasteiger partial charge is 0.0693 e. The van der Waals surface area contributed by atoms with Gasteiger partial charge >= 0.3 is 0 Å². The summed E-state index contributed by atoms with van der Waals surface area (Å²) in [6.45, 7) is 6.47. The number of rotatable bonds is 1. The minimum Gasteiger partial charge on any atom is -0.392 e. The summed E-state index contributed by atoms with van der Waals surface area (Å²) < 4.78 is 0. The molecule has 0 aromatic heterocycles. The first-order valence-electron chi connectivity index (χ1n) is 5.45. The average molecular weight is 185 g/mol. The van der Waals surface area contributed by atoms with Crippen molar-refractivity contribution in [3.8, 4) is 0 Å². The summed E-state index contributed by atoms with van der Waals surface area (Å²) in [5.41, 5.74) is 0.121. The summed E-state index contributed by atoms with van der Waals surface area (Å²) in [4.78, 5) is 0. The molecule has 1 rings (SSSR count). The third-order valence-electron chi connectivity index (χ3n) is 2.60. The fourth-order valence-electron chi connectivity index (χ4n) is 2.01. The van der Waals surface area contributed by atoms with Crippen molar-refractivity contribution in [2.45, 2.75) is 70.6 Å². The molecule has 13 heavy (non-hydrogen) atoms. The van der Waals surface area contributed by atoms with Gasteiger partial charge in [0, 0.05) is 11.6 Å². The van der Waals surface area contributed by atoms with Crippen molar-refractivity contribution in [1.82, 2.24) is 5.32 Å². The molecule has 0 amide bonds. The summed E-state index contributed by atoms with van der Waals surface area (Å²) in [6.07, 6.45) is 5.67. The van der Waals surface area contributed by atoms with E-state index in [0.717, 1.165) is 12.8 Å². The third-order valence-corrected chi connectivity index (χ3v) is 2.60. The predicted octanol–water partition coefficient (Wildman–Crippen LogP) is 2.07. The van der Waals surface area contributed by atoms with E-state index in [1.807, 2.05) is 0 Å². The lowest BCUT2D eigenvalue weighted by molar-refractivity contribution is 0.106. The largest absolute Gasteiger partial charge is 0.392 e.